The van der Waals surface area contributed by atoms with Gasteiger partial charge in [-0.1, -0.05) is 20.8 Å². The van der Waals surface area contributed by atoms with E-state index in [0.29, 0.717) is 17.6 Å². The average Bonchev–Trinajstić information content (AvgIpc) is 2.30. The number of rotatable bonds is 8. The highest BCUT2D eigenvalue weighted by atomic mass is 16.5. The minimum absolute atomic E-state index is 0.305. The third kappa shape index (κ3) is 2.96. The monoisotopic (exact) mass is 229 g/mol. The largest absolute Gasteiger partial charge is 0.379 e. The molecule has 0 saturated heterocycles. The van der Waals surface area contributed by atoms with E-state index in [1.807, 2.05) is 7.05 Å². The fraction of sp³-hybridized carbons (Fsp3) is 1.00. The van der Waals surface area contributed by atoms with Crippen LogP contribution >= 0.6 is 0 Å². The molecule has 1 fully saturated rings. The summed E-state index contributed by atoms with van der Waals surface area (Å²) in [6, 6.07) is 0.610. The lowest BCUT2D eigenvalue weighted by atomic mass is 9.61. The first-order valence-electron chi connectivity index (χ1n) is 6.55. The molecule has 1 rings (SSSR count). The maximum Gasteiger partial charge on any atom is 0.0704 e. The molecule has 96 valence electrons. The lowest BCUT2D eigenvalue weighted by molar-refractivity contribution is -0.135. The molecule has 0 aromatic heterocycles. The van der Waals surface area contributed by atoms with Crippen molar-refractivity contribution in [2.24, 2.45) is 5.41 Å². The van der Waals surface area contributed by atoms with Gasteiger partial charge in [0.15, 0.2) is 0 Å². The molecule has 1 aliphatic carbocycles. The zero-order chi connectivity index (χ0) is 12.0. The number of hydrogen-bond donors (Lipinski definition) is 1. The molecule has 0 aliphatic heterocycles. The van der Waals surface area contributed by atoms with E-state index in [9.17, 15) is 0 Å². The van der Waals surface area contributed by atoms with Gasteiger partial charge in [-0.3, -0.25) is 0 Å². The fourth-order valence-electron chi connectivity index (χ4n) is 2.49. The van der Waals surface area contributed by atoms with E-state index in [4.69, 9.17) is 9.47 Å². The molecule has 0 amide bonds. The Balaban J connectivity index is 2.18. The Labute approximate surface area is 99.9 Å². The predicted octanol–water partition coefficient (Wildman–Crippen LogP) is 2.21. The van der Waals surface area contributed by atoms with Crippen LogP contribution < -0.4 is 5.32 Å². The summed E-state index contributed by atoms with van der Waals surface area (Å²) in [5, 5.41) is 3.37. The van der Waals surface area contributed by atoms with E-state index in [2.05, 4.69) is 26.1 Å². The molecule has 16 heavy (non-hydrogen) atoms. The normalized spacial score (nSPS) is 33.8. The molecule has 0 aromatic rings. The predicted molar refractivity (Wildman–Crippen MR) is 66.7 cm³/mol. The van der Waals surface area contributed by atoms with Gasteiger partial charge < -0.3 is 14.8 Å². The van der Waals surface area contributed by atoms with E-state index in [-0.39, 0.29) is 0 Å². The van der Waals surface area contributed by atoms with Gasteiger partial charge >= 0.3 is 0 Å². The van der Waals surface area contributed by atoms with Gasteiger partial charge in [-0.05, 0) is 26.3 Å². The first-order valence-corrected chi connectivity index (χ1v) is 6.55. The van der Waals surface area contributed by atoms with Crippen LogP contribution in [0.5, 0.6) is 0 Å². The second kappa shape index (κ2) is 6.58. The van der Waals surface area contributed by atoms with Gasteiger partial charge in [-0.2, -0.15) is 0 Å². The number of ether oxygens (including phenoxy) is 2. The molecule has 1 saturated carbocycles. The Morgan fingerprint density at radius 3 is 2.56 bits per heavy atom. The molecule has 3 heteroatoms. The first kappa shape index (κ1) is 13.9. The van der Waals surface area contributed by atoms with Gasteiger partial charge in [0.05, 0.1) is 19.3 Å². The number of hydrogen-bond acceptors (Lipinski definition) is 3. The molecule has 0 aromatic carbocycles. The maximum atomic E-state index is 5.90. The van der Waals surface area contributed by atoms with Crippen LogP contribution in [0.15, 0.2) is 0 Å². The van der Waals surface area contributed by atoms with E-state index >= 15 is 0 Å². The SMILES string of the molecule is CCCOCCOC1CC(NC)C1(C)CC. The van der Waals surface area contributed by atoms with Crippen molar-refractivity contribution in [1.29, 1.82) is 0 Å². The van der Waals surface area contributed by atoms with Crippen LogP contribution in [0.2, 0.25) is 0 Å². The van der Waals surface area contributed by atoms with Crippen LogP contribution in [0, 0.1) is 5.41 Å². The Bertz CT molecular complexity index is 198. The van der Waals surface area contributed by atoms with Crippen LogP contribution in [0.25, 0.3) is 0 Å². The highest BCUT2D eigenvalue weighted by Crippen LogP contribution is 2.45. The number of nitrogens with one attached hydrogen (secondary N) is 1. The van der Waals surface area contributed by atoms with Gasteiger partial charge in [0, 0.05) is 18.1 Å². The van der Waals surface area contributed by atoms with Crippen molar-refractivity contribution in [2.45, 2.75) is 52.2 Å². The van der Waals surface area contributed by atoms with Crippen LogP contribution in [-0.2, 0) is 9.47 Å². The molecule has 3 unspecified atom stereocenters. The second-order valence-corrected chi connectivity index (χ2v) is 4.91. The molecule has 3 nitrogen and oxygen atoms in total. The molecule has 1 N–H and O–H groups in total. The minimum Gasteiger partial charge on any atom is -0.379 e. The van der Waals surface area contributed by atoms with Crippen molar-refractivity contribution < 1.29 is 9.47 Å². The van der Waals surface area contributed by atoms with E-state index < -0.39 is 0 Å². The zero-order valence-corrected chi connectivity index (χ0v) is 11.2. The van der Waals surface area contributed by atoms with Crippen molar-refractivity contribution in [1.82, 2.24) is 5.32 Å². The maximum absolute atomic E-state index is 5.90. The zero-order valence-electron chi connectivity index (χ0n) is 11.2. The van der Waals surface area contributed by atoms with Crippen molar-refractivity contribution in [3.63, 3.8) is 0 Å². The smallest absolute Gasteiger partial charge is 0.0704 e. The van der Waals surface area contributed by atoms with Crippen LogP contribution in [-0.4, -0.2) is 39.0 Å². The molecular formula is C13H27NO2. The second-order valence-electron chi connectivity index (χ2n) is 4.91. The highest BCUT2D eigenvalue weighted by Gasteiger charge is 2.50. The van der Waals surface area contributed by atoms with Crippen molar-refractivity contribution >= 4 is 0 Å². The summed E-state index contributed by atoms with van der Waals surface area (Å²) in [7, 11) is 2.04. The van der Waals surface area contributed by atoms with Gasteiger partial charge in [-0.15, -0.1) is 0 Å². The lowest BCUT2D eigenvalue weighted by Crippen LogP contribution is -2.61. The molecular weight excluding hydrogens is 202 g/mol. The minimum atomic E-state index is 0.305. The summed E-state index contributed by atoms with van der Waals surface area (Å²) in [5.41, 5.74) is 0.305. The standard InChI is InChI=1S/C13H27NO2/c1-5-7-15-8-9-16-12-10-11(14-4)13(12,3)6-2/h11-12,14H,5-10H2,1-4H3. The summed E-state index contributed by atoms with van der Waals surface area (Å²) < 4.78 is 11.3. The van der Waals surface area contributed by atoms with Gasteiger partial charge in [0.2, 0.25) is 0 Å². The van der Waals surface area contributed by atoms with Crippen molar-refractivity contribution in [2.75, 3.05) is 26.9 Å². The highest BCUT2D eigenvalue weighted by molar-refractivity contribution is 5.04. The fourth-order valence-corrected chi connectivity index (χ4v) is 2.49. The van der Waals surface area contributed by atoms with E-state index in [0.717, 1.165) is 32.7 Å². The topological polar surface area (TPSA) is 30.5 Å². The van der Waals surface area contributed by atoms with Gasteiger partial charge in [0.1, 0.15) is 0 Å². The van der Waals surface area contributed by atoms with E-state index in [1.54, 1.807) is 0 Å². The molecule has 0 bridgehead atoms. The third-order valence-electron chi connectivity index (χ3n) is 3.99. The Morgan fingerprint density at radius 1 is 1.25 bits per heavy atom. The summed E-state index contributed by atoms with van der Waals surface area (Å²) in [6.07, 6.45) is 3.78. The Morgan fingerprint density at radius 2 is 2.00 bits per heavy atom. The summed E-state index contributed by atoms with van der Waals surface area (Å²) in [5.74, 6) is 0. The molecule has 0 spiro atoms. The summed E-state index contributed by atoms with van der Waals surface area (Å²) >= 11 is 0. The third-order valence-corrected chi connectivity index (χ3v) is 3.99. The van der Waals surface area contributed by atoms with Crippen LogP contribution in [0.4, 0.5) is 0 Å². The Hall–Kier alpha value is -0.120. The molecule has 3 atom stereocenters. The van der Waals surface area contributed by atoms with E-state index in [1.165, 1.54) is 6.42 Å². The summed E-state index contributed by atoms with van der Waals surface area (Å²) in [4.78, 5) is 0. The molecule has 0 heterocycles. The Kier molecular flexibility index (Phi) is 5.73. The van der Waals surface area contributed by atoms with Gasteiger partial charge in [-0.25, -0.2) is 0 Å². The summed E-state index contributed by atoms with van der Waals surface area (Å²) in [6.45, 7) is 8.99. The van der Waals surface area contributed by atoms with Crippen molar-refractivity contribution in [3.8, 4) is 0 Å². The first-order chi connectivity index (χ1) is 7.69. The molecule has 1 aliphatic rings. The van der Waals surface area contributed by atoms with Crippen LogP contribution in [0.3, 0.4) is 0 Å². The van der Waals surface area contributed by atoms with Crippen LogP contribution in [0.1, 0.15) is 40.0 Å². The quantitative estimate of drug-likeness (QED) is 0.647. The van der Waals surface area contributed by atoms with Crippen molar-refractivity contribution in [3.05, 3.63) is 0 Å². The molecule has 0 radical (unpaired) electrons. The average molecular weight is 229 g/mol. The van der Waals surface area contributed by atoms with Gasteiger partial charge in [0.25, 0.3) is 0 Å². The lowest BCUT2D eigenvalue weighted by Gasteiger charge is -2.53.